The zero-order valence-corrected chi connectivity index (χ0v) is 18.2. The number of oxime groups is 1. The molecule has 0 bridgehead atoms. The zero-order chi connectivity index (χ0) is 22.1. The van der Waals surface area contributed by atoms with Crippen molar-refractivity contribution in [1.29, 1.82) is 0 Å². The summed E-state index contributed by atoms with van der Waals surface area (Å²) in [4.78, 5) is 17.1. The molecule has 1 heterocycles. The van der Waals surface area contributed by atoms with Gasteiger partial charge in [-0.15, -0.1) is 11.8 Å². The largest absolute Gasteiger partial charge is 0.468 e. The number of methoxy groups -OCH3 is 1. The highest BCUT2D eigenvalue weighted by atomic mass is 35.5. The van der Waals surface area contributed by atoms with Gasteiger partial charge < -0.3 is 9.57 Å². The van der Waals surface area contributed by atoms with Gasteiger partial charge in [-0.2, -0.15) is 13.2 Å². The minimum Gasteiger partial charge on any atom is -0.468 e. The Morgan fingerprint density at radius 3 is 2.47 bits per heavy atom. The van der Waals surface area contributed by atoms with Crippen molar-refractivity contribution in [2.45, 2.75) is 30.0 Å². The Balaban J connectivity index is 1.89. The Morgan fingerprint density at radius 2 is 1.90 bits per heavy atom. The van der Waals surface area contributed by atoms with E-state index in [9.17, 15) is 18.0 Å². The van der Waals surface area contributed by atoms with Gasteiger partial charge in [0.05, 0.1) is 18.6 Å². The van der Waals surface area contributed by atoms with Gasteiger partial charge >= 0.3 is 12.1 Å². The number of aryl methyl sites for hydroxylation is 1. The van der Waals surface area contributed by atoms with Crippen molar-refractivity contribution in [3.8, 4) is 0 Å². The van der Waals surface area contributed by atoms with Gasteiger partial charge in [-0.05, 0) is 48.4 Å². The smallest absolute Gasteiger partial charge is 0.435 e. The number of ether oxygens (including phenoxy) is 1. The van der Waals surface area contributed by atoms with Crippen molar-refractivity contribution >= 4 is 46.6 Å². The standard InChI is InChI=1S/C20H16Cl2F3NO3S/c1-11-5-12(3-4-17(11)30-10-18(27)28-2)16-9-19(29-26-16,20(23,24)25)13-6-14(21)8-15(22)7-13/h3-8H,9-10H2,1-2H3. The van der Waals surface area contributed by atoms with Crippen LogP contribution in [0.15, 0.2) is 46.4 Å². The maximum Gasteiger partial charge on any atom is 0.435 e. The lowest BCUT2D eigenvalue weighted by Gasteiger charge is -2.29. The summed E-state index contributed by atoms with van der Waals surface area (Å²) in [7, 11) is 1.30. The molecule has 1 aliphatic rings. The van der Waals surface area contributed by atoms with Crippen LogP contribution in [0.2, 0.25) is 10.0 Å². The van der Waals surface area contributed by atoms with E-state index in [0.29, 0.717) is 5.56 Å². The van der Waals surface area contributed by atoms with Crippen molar-refractivity contribution in [2.24, 2.45) is 5.16 Å². The number of carbonyl (C=O) groups excluding carboxylic acids is 1. The molecule has 1 aliphatic heterocycles. The second kappa shape index (κ2) is 8.69. The molecule has 2 aromatic carbocycles. The maximum absolute atomic E-state index is 14.1. The van der Waals surface area contributed by atoms with Gasteiger partial charge in [0.25, 0.3) is 5.60 Å². The van der Waals surface area contributed by atoms with Crippen LogP contribution in [0.4, 0.5) is 13.2 Å². The zero-order valence-electron chi connectivity index (χ0n) is 15.8. The third-order valence-corrected chi connectivity index (χ3v) is 6.18. The molecule has 0 radical (unpaired) electrons. The lowest BCUT2D eigenvalue weighted by Crippen LogP contribution is -2.42. The molecule has 30 heavy (non-hydrogen) atoms. The first-order valence-corrected chi connectivity index (χ1v) is 10.4. The molecule has 10 heteroatoms. The number of nitrogens with zero attached hydrogens (tertiary/aromatic N) is 1. The van der Waals surface area contributed by atoms with Crippen LogP contribution in [0.3, 0.4) is 0 Å². The fourth-order valence-corrected chi connectivity index (χ4v) is 4.40. The lowest BCUT2D eigenvalue weighted by molar-refractivity contribution is -0.275. The Morgan fingerprint density at radius 1 is 1.23 bits per heavy atom. The van der Waals surface area contributed by atoms with Gasteiger partial charge in [0.15, 0.2) is 0 Å². The van der Waals surface area contributed by atoms with Gasteiger partial charge in [-0.25, -0.2) is 0 Å². The number of carbonyl (C=O) groups is 1. The van der Waals surface area contributed by atoms with Crippen LogP contribution in [0, 0.1) is 6.92 Å². The van der Waals surface area contributed by atoms with Crippen LogP contribution >= 0.6 is 35.0 Å². The molecule has 0 fully saturated rings. The molecule has 4 nitrogen and oxygen atoms in total. The first-order valence-electron chi connectivity index (χ1n) is 8.65. The lowest BCUT2D eigenvalue weighted by atomic mass is 9.86. The molecular formula is C20H16Cl2F3NO3S. The first-order chi connectivity index (χ1) is 14.1. The van der Waals surface area contributed by atoms with Gasteiger partial charge in [0.2, 0.25) is 0 Å². The Kier molecular flexibility index (Phi) is 6.60. The van der Waals surface area contributed by atoms with Gasteiger partial charge in [0.1, 0.15) is 0 Å². The molecule has 0 aromatic heterocycles. The molecule has 160 valence electrons. The molecule has 1 atom stereocenters. The summed E-state index contributed by atoms with van der Waals surface area (Å²) >= 11 is 13.1. The second-order valence-electron chi connectivity index (χ2n) is 6.63. The Bertz CT molecular complexity index is 993. The summed E-state index contributed by atoms with van der Waals surface area (Å²) in [6, 6.07) is 8.78. The highest BCUT2D eigenvalue weighted by molar-refractivity contribution is 8.00. The second-order valence-corrected chi connectivity index (χ2v) is 8.52. The number of thioether (sulfide) groups is 1. The van der Waals surface area contributed by atoms with E-state index >= 15 is 0 Å². The molecular weight excluding hydrogens is 462 g/mol. The van der Waals surface area contributed by atoms with Gasteiger partial charge in [-0.1, -0.05) is 34.4 Å². The molecule has 3 rings (SSSR count). The maximum atomic E-state index is 14.1. The predicted octanol–water partition coefficient (Wildman–Crippen LogP) is 6.15. The van der Waals surface area contributed by atoms with E-state index in [2.05, 4.69) is 9.89 Å². The molecule has 0 saturated carbocycles. The van der Waals surface area contributed by atoms with E-state index in [4.69, 9.17) is 28.0 Å². The van der Waals surface area contributed by atoms with E-state index < -0.39 is 18.2 Å². The van der Waals surface area contributed by atoms with E-state index in [1.54, 1.807) is 25.1 Å². The van der Waals surface area contributed by atoms with Gasteiger partial charge in [0, 0.05) is 26.9 Å². The average Bonchev–Trinajstić information content (AvgIpc) is 3.13. The van der Waals surface area contributed by atoms with E-state index in [-0.39, 0.29) is 33.0 Å². The minimum atomic E-state index is -4.75. The predicted molar refractivity (Wildman–Crippen MR) is 110 cm³/mol. The highest BCUT2D eigenvalue weighted by Gasteiger charge is 2.62. The number of rotatable bonds is 5. The van der Waals surface area contributed by atoms with E-state index in [0.717, 1.165) is 10.5 Å². The minimum absolute atomic E-state index is 0.0704. The third-order valence-electron chi connectivity index (χ3n) is 4.60. The SMILES string of the molecule is COC(=O)CSc1ccc(C2=NOC(c3cc(Cl)cc(Cl)c3)(C(F)(F)F)C2)cc1C. The number of esters is 1. The number of hydrogen-bond acceptors (Lipinski definition) is 5. The van der Waals surface area contributed by atoms with E-state index in [1.807, 2.05) is 0 Å². The summed E-state index contributed by atoms with van der Waals surface area (Å²) in [6.45, 7) is 1.80. The number of halogens is 5. The molecule has 0 amide bonds. The van der Waals surface area contributed by atoms with Crippen molar-refractivity contribution in [3.63, 3.8) is 0 Å². The topological polar surface area (TPSA) is 47.9 Å². The molecule has 1 unspecified atom stereocenters. The summed E-state index contributed by atoms with van der Waals surface area (Å²) in [5, 5.41) is 3.89. The monoisotopic (exact) mass is 477 g/mol. The fraction of sp³-hybridized carbons (Fsp3) is 0.300. The molecule has 0 saturated heterocycles. The summed E-state index contributed by atoms with van der Waals surface area (Å²) < 4.78 is 46.8. The Labute approximate surface area is 185 Å². The highest BCUT2D eigenvalue weighted by Crippen LogP contribution is 2.49. The van der Waals surface area contributed by atoms with E-state index in [1.165, 1.54) is 37.1 Å². The number of alkyl halides is 3. The molecule has 0 aliphatic carbocycles. The van der Waals surface area contributed by atoms with Gasteiger partial charge in [-0.3, -0.25) is 4.79 Å². The van der Waals surface area contributed by atoms with Crippen molar-refractivity contribution in [2.75, 3.05) is 12.9 Å². The summed E-state index contributed by atoms with van der Waals surface area (Å²) in [5.41, 5.74) is -1.46. The fourth-order valence-electron chi connectivity index (χ4n) is 3.03. The average molecular weight is 478 g/mol. The van der Waals surface area contributed by atoms with Crippen LogP contribution in [0.1, 0.15) is 23.1 Å². The molecule has 2 aromatic rings. The molecule has 0 spiro atoms. The van der Waals surface area contributed by atoms with Crippen molar-refractivity contribution in [3.05, 3.63) is 63.1 Å². The van der Waals surface area contributed by atoms with Crippen molar-refractivity contribution < 1.29 is 27.5 Å². The van der Waals surface area contributed by atoms with Crippen LogP contribution in [-0.2, 0) is 20.0 Å². The van der Waals surface area contributed by atoms with Crippen LogP contribution in [-0.4, -0.2) is 30.7 Å². The normalized spacial score (nSPS) is 18.7. The quantitative estimate of drug-likeness (QED) is 0.382. The van der Waals surface area contributed by atoms with Crippen molar-refractivity contribution in [1.82, 2.24) is 0 Å². The third kappa shape index (κ3) is 4.55. The first kappa shape index (κ1) is 22.8. The van der Waals surface area contributed by atoms with Crippen LogP contribution < -0.4 is 0 Å². The summed E-state index contributed by atoms with van der Waals surface area (Å²) in [5.74, 6) is -0.236. The number of hydrogen-bond donors (Lipinski definition) is 0. The summed E-state index contributed by atoms with van der Waals surface area (Å²) in [6.07, 6.45) is -5.28. The molecule has 0 N–H and O–H groups in total. The Hall–Kier alpha value is -1.90. The van der Waals surface area contributed by atoms with Crippen LogP contribution in [0.5, 0.6) is 0 Å². The number of benzene rings is 2. The van der Waals surface area contributed by atoms with Crippen LogP contribution in [0.25, 0.3) is 0 Å².